The number of amides is 1. The van der Waals surface area contributed by atoms with Gasteiger partial charge < -0.3 is 10.0 Å². The monoisotopic (exact) mass is 163 g/mol. The lowest BCUT2D eigenvalue weighted by atomic mass is 10.4. The molecule has 0 heterocycles. The van der Waals surface area contributed by atoms with Gasteiger partial charge in [-0.3, -0.25) is 4.39 Å². The molecule has 0 aromatic heterocycles. The Balaban J connectivity index is 3.60. The maximum Gasteiger partial charge on any atom is 0.407 e. The van der Waals surface area contributed by atoms with Crippen molar-refractivity contribution in [3.05, 3.63) is 0 Å². The van der Waals surface area contributed by atoms with E-state index in [0.29, 0.717) is 19.5 Å². The van der Waals surface area contributed by atoms with Crippen LogP contribution in [0.25, 0.3) is 0 Å². The minimum atomic E-state index is -0.958. The van der Waals surface area contributed by atoms with Crippen molar-refractivity contribution in [2.24, 2.45) is 0 Å². The van der Waals surface area contributed by atoms with Gasteiger partial charge in [0.05, 0.1) is 6.67 Å². The molecule has 0 saturated carbocycles. The molecular weight excluding hydrogens is 149 g/mol. The highest BCUT2D eigenvalue weighted by molar-refractivity contribution is 5.64. The first kappa shape index (κ1) is 10.2. The number of alkyl halides is 1. The van der Waals surface area contributed by atoms with Crippen LogP contribution in [0.5, 0.6) is 0 Å². The molecule has 0 aliphatic heterocycles. The number of nitrogens with zero attached hydrogens (tertiary/aromatic N) is 1. The largest absolute Gasteiger partial charge is 0.465 e. The standard InChI is InChI=1S/C7H14FNO2/c1-2-5-9(7(10)11)6-3-4-8/h2-6H2,1H3,(H,10,11). The normalized spacial score (nSPS) is 9.64. The Kier molecular flexibility index (Phi) is 5.51. The summed E-state index contributed by atoms with van der Waals surface area (Å²) in [7, 11) is 0. The highest BCUT2D eigenvalue weighted by atomic mass is 19.1. The van der Waals surface area contributed by atoms with E-state index < -0.39 is 12.8 Å². The molecule has 0 radical (unpaired) electrons. The molecular formula is C7H14FNO2. The molecule has 0 atom stereocenters. The lowest BCUT2D eigenvalue weighted by Gasteiger charge is -2.16. The molecule has 66 valence electrons. The summed E-state index contributed by atoms with van der Waals surface area (Å²) in [6.45, 7) is 2.24. The zero-order chi connectivity index (χ0) is 8.69. The minimum absolute atomic E-state index is 0.298. The van der Waals surface area contributed by atoms with Crippen molar-refractivity contribution in [2.75, 3.05) is 19.8 Å². The van der Waals surface area contributed by atoms with E-state index in [1.807, 2.05) is 6.92 Å². The summed E-state index contributed by atoms with van der Waals surface area (Å²) in [5.74, 6) is 0. The number of carbonyl (C=O) groups is 1. The summed E-state index contributed by atoms with van der Waals surface area (Å²) in [6, 6.07) is 0. The van der Waals surface area contributed by atoms with Gasteiger partial charge >= 0.3 is 6.09 Å². The van der Waals surface area contributed by atoms with Crippen LogP contribution in [0.2, 0.25) is 0 Å². The van der Waals surface area contributed by atoms with Gasteiger partial charge in [-0.1, -0.05) is 6.92 Å². The van der Waals surface area contributed by atoms with Gasteiger partial charge in [0.25, 0.3) is 0 Å². The number of hydrogen-bond donors (Lipinski definition) is 1. The average Bonchev–Trinajstić information content (AvgIpc) is 1.97. The molecule has 0 aliphatic rings. The zero-order valence-electron chi connectivity index (χ0n) is 6.72. The van der Waals surface area contributed by atoms with Crippen LogP contribution in [-0.2, 0) is 0 Å². The Morgan fingerprint density at radius 2 is 2.18 bits per heavy atom. The summed E-state index contributed by atoms with van der Waals surface area (Å²) < 4.78 is 11.6. The summed E-state index contributed by atoms with van der Waals surface area (Å²) >= 11 is 0. The van der Waals surface area contributed by atoms with Crippen LogP contribution in [0.4, 0.5) is 9.18 Å². The van der Waals surface area contributed by atoms with Crippen molar-refractivity contribution >= 4 is 6.09 Å². The van der Waals surface area contributed by atoms with Crippen molar-refractivity contribution in [1.82, 2.24) is 4.90 Å². The third kappa shape index (κ3) is 4.58. The molecule has 0 fully saturated rings. The maximum absolute atomic E-state index is 11.6. The zero-order valence-corrected chi connectivity index (χ0v) is 6.72. The van der Waals surface area contributed by atoms with E-state index in [0.717, 1.165) is 6.42 Å². The second-order valence-electron chi connectivity index (χ2n) is 2.31. The molecule has 0 bridgehead atoms. The predicted octanol–water partition coefficient (Wildman–Crippen LogP) is 1.74. The Bertz CT molecular complexity index is 119. The lowest BCUT2D eigenvalue weighted by molar-refractivity contribution is 0.143. The first-order valence-electron chi connectivity index (χ1n) is 3.76. The highest BCUT2D eigenvalue weighted by Crippen LogP contribution is 1.94. The number of hydrogen-bond acceptors (Lipinski definition) is 1. The van der Waals surface area contributed by atoms with Crippen molar-refractivity contribution < 1.29 is 14.3 Å². The summed E-state index contributed by atoms with van der Waals surface area (Å²) in [4.78, 5) is 11.6. The van der Waals surface area contributed by atoms with Gasteiger partial charge in [-0.05, 0) is 12.8 Å². The van der Waals surface area contributed by atoms with Gasteiger partial charge in [-0.25, -0.2) is 4.79 Å². The molecule has 0 rings (SSSR count). The average molecular weight is 163 g/mol. The molecule has 0 unspecified atom stereocenters. The van der Waals surface area contributed by atoms with Crippen molar-refractivity contribution in [1.29, 1.82) is 0 Å². The molecule has 1 amide bonds. The SMILES string of the molecule is CCCN(CCCF)C(=O)O. The number of halogens is 1. The molecule has 3 nitrogen and oxygen atoms in total. The van der Waals surface area contributed by atoms with Crippen LogP contribution in [0.3, 0.4) is 0 Å². The van der Waals surface area contributed by atoms with Crippen LogP contribution < -0.4 is 0 Å². The van der Waals surface area contributed by atoms with Crippen molar-refractivity contribution in [3.63, 3.8) is 0 Å². The third-order valence-electron chi connectivity index (χ3n) is 1.33. The fourth-order valence-electron chi connectivity index (χ4n) is 0.824. The van der Waals surface area contributed by atoms with E-state index >= 15 is 0 Å². The van der Waals surface area contributed by atoms with E-state index in [-0.39, 0.29) is 0 Å². The Morgan fingerprint density at radius 3 is 2.55 bits per heavy atom. The highest BCUT2D eigenvalue weighted by Gasteiger charge is 2.08. The lowest BCUT2D eigenvalue weighted by Crippen LogP contribution is -2.31. The van der Waals surface area contributed by atoms with Gasteiger partial charge in [0, 0.05) is 13.1 Å². The smallest absolute Gasteiger partial charge is 0.407 e. The molecule has 0 aliphatic carbocycles. The van der Waals surface area contributed by atoms with Gasteiger partial charge in [0.1, 0.15) is 0 Å². The van der Waals surface area contributed by atoms with Crippen LogP contribution in [0, 0.1) is 0 Å². The fraction of sp³-hybridized carbons (Fsp3) is 0.857. The Labute approximate surface area is 65.8 Å². The molecule has 0 aromatic rings. The summed E-state index contributed by atoms with van der Waals surface area (Å²) in [5, 5.41) is 8.53. The van der Waals surface area contributed by atoms with Gasteiger partial charge in [-0.15, -0.1) is 0 Å². The van der Waals surface area contributed by atoms with Crippen LogP contribution in [0.1, 0.15) is 19.8 Å². The van der Waals surface area contributed by atoms with E-state index in [2.05, 4.69) is 0 Å². The van der Waals surface area contributed by atoms with Crippen LogP contribution in [0.15, 0.2) is 0 Å². The maximum atomic E-state index is 11.6. The van der Waals surface area contributed by atoms with Gasteiger partial charge in [0.2, 0.25) is 0 Å². The Morgan fingerprint density at radius 1 is 1.55 bits per heavy atom. The van der Waals surface area contributed by atoms with Crippen molar-refractivity contribution in [3.8, 4) is 0 Å². The molecule has 4 heteroatoms. The summed E-state index contributed by atoms with van der Waals surface area (Å²) in [6.07, 6.45) is 0.116. The van der Waals surface area contributed by atoms with Gasteiger partial charge in [0.15, 0.2) is 0 Å². The van der Waals surface area contributed by atoms with Crippen molar-refractivity contribution in [2.45, 2.75) is 19.8 Å². The predicted molar refractivity (Wildman–Crippen MR) is 40.5 cm³/mol. The van der Waals surface area contributed by atoms with E-state index in [1.165, 1.54) is 4.90 Å². The summed E-state index contributed by atoms with van der Waals surface area (Å²) in [5.41, 5.74) is 0. The second kappa shape index (κ2) is 5.95. The molecule has 1 N–H and O–H groups in total. The minimum Gasteiger partial charge on any atom is -0.465 e. The van der Waals surface area contributed by atoms with E-state index in [1.54, 1.807) is 0 Å². The first-order valence-corrected chi connectivity index (χ1v) is 3.76. The molecule has 11 heavy (non-hydrogen) atoms. The van der Waals surface area contributed by atoms with E-state index in [9.17, 15) is 9.18 Å². The first-order chi connectivity index (χ1) is 5.22. The van der Waals surface area contributed by atoms with Crippen LogP contribution >= 0.6 is 0 Å². The third-order valence-corrected chi connectivity index (χ3v) is 1.33. The quantitative estimate of drug-likeness (QED) is 0.670. The molecule has 0 saturated heterocycles. The second-order valence-corrected chi connectivity index (χ2v) is 2.31. The van der Waals surface area contributed by atoms with Gasteiger partial charge in [-0.2, -0.15) is 0 Å². The fourth-order valence-corrected chi connectivity index (χ4v) is 0.824. The number of rotatable bonds is 5. The topological polar surface area (TPSA) is 40.5 Å². The number of carboxylic acid groups (broad SMARTS) is 1. The molecule has 0 aromatic carbocycles. The Hall–Kier alpha value is -0.800. The van der Waals surface area contributed by atoms with Crippen LogP contribution in [-0.4, -0.2) is 35.9 Å². The van der Waals surface area contributed by atoms with E-state index in [4.69, 9.17) is 5.11 Å². The molecule has 0 spiro atoms.